The third-order valence-electron chi connectivity index (χ3n) is 4.46. The van der Waals surface area contributed by atoms with E-state index in [1.165, 1.54) is 18.2 Å². The van der Waals surface area contributed by atoms with Gasteiger partial charge in [0.15, 0.2) is 6.61 Å². The Kier molecular flexibility index (Phi) is 8.32. The van der Waals surface area contributed by atoms with Gasteiger partial charge in [0.05, 0.1) is 5.56 Å². The summed E-state index contributed by atoms with van der Waals surface area (Å²) in [5.41, 5.74) is 0.595. The molecular formula is C25H19ClF3NO4. The van der Waals surface area contributed by atoms with E-state index in [9.17, 15) is 22.8 Å². The van der Waals surface area contributed by atoms with Gasteiger partial charge in [-0.25, -0.2) is 4.79 Å². The average Bonchev–Trinajstić information content (AvgIpc) is 2.81. The van der Waals surface area contributed by atoms with Gasteiger partial charge in [-0.3, -0.25) is 4.79 Å². The van der Waals surface area contributed by atoms with Gasteiger partial charge in [-0.1, -0.05) is 48.0 Å². The fourth-order valence-electron chi connectivity index (χ4n) is 2.77. The van der Waals surface area contributed by atoms with E-state index in [-0.39, 0.29) is 5.69 Å². The predicted molar refractivity (Wildman–Crippen MR) is 122 cm³/mol. The number of ether oxygens (including phenoxy) is 2. The van der Waals surface area contributed by atoms with E-state index >= 15 is 0 Å². The Labute approximate surface area is 198 Å². The van der Waals surface area contributed by atoms with Gasteiger partial charge in [0, 0.05) is 22.3 Å². The van der Waals surface area contributed by atoms with Crippen LogP contribution in [-0.4, -0.2) is 18.5 Å². The summed E-state index contributed by atoms with van der Waals surface area (Å²) in [6.07, 6.45) is -1.90. The van der Waals surface area contributed by atoms with Crippen LogP contribution in [0.5, 0.6) is 5.75 Å². The highest BCUT2D eigenvalue weighted by Crippen LogP contribution is 2.30. The summed E-state index contributed by atoms with van der Waals surface area (Å²) in [6.45, 7) is -0.335. The number of carbonyl (C=O) groups is 2. The molecule has 3 aromatic rings. The quantitative estimate of drug-likeness (QED) is 0.305. The lowest BCUT2D eigenvalue weighted by molar-refractivity contribution is -0.142. The number of alkyl halides is 3. The average molecular weight is 490 g/mol. The lowest BCUT2D eigenvalue weighted by atomic mass is 10.2. The molecule has 0 fully saturated rings. The maximum absolute atomic E-state index is 12.7. The van der Waals surface area contributed by atoms with Gasteiger partial charge in [-0.05, 0) is 48.0 Å². The number of carbonyl (C=O) groups excluding carboxylic acids is 2. The van der Waals surface area contributed by atoms with Crippen molar-refractivity contribution in [2.24, 2.45) is 0 Å². The second-order valence-electron chi connectivity index (χ2n) is 7.02. The molecule has 3 aromatic carbocycles. The van der Waals surface area contributed by atoms with Crippen molar-refractivity contribution in [3.63, 3.8) is 0 Å². The van der Waals surface area contributed by atoms with Gasteiger partial charge in [-0.2, -0.15) is 13.2 Å². The van der Waals surface area contributed by atoms with Crippen molar-refractivity contribution in [1.82, 2.24) is 0 Å². The van der Waals surface area contributed by atoms with E-state index < -0.39 is 30.2 Å². The summed E-state index contributed by atoms with van der Waals surface area (Å²) in [5, 5.41) is 2.87. The number of esters is 1. The summed E-state index contributed by atoms with van der Waals surface area (Å²) in [4.78, 5) is 23.7. The van der Waals surface area contributed by atoms with Gasteiger partial charge in [0.2, 0.25) is 0 Å². The summed E-state index contributed by atoms with van der Waals surface area (Å²) in [7, 11) is 0. The first-order chi connectivity index (χ1) is 16.2. The minimum absolute atomic E-state index is 0.0525. The number of hydrogen-bond acceptors (Lipinski definition) is 4. The second-order valence-corrected chi connectivity index (χ2v) is 7.42. The number of nitrogens with one attached hydrogen (secondary N) is 1. The fraction of sp³-hybridized carbons (Fsp3) is 0.120. The molecule has 0 aliphatic carbocycles. The van der Waals surface area contributed by atoms with Crippen LogP contribution in [0.2, 0.25) is 5.02 Å². The van der Waals surface area contributed by atoms with Crippen LogP contribution in [0.3, 0.4) is 0 Å². The molecular weight excluding hydrogens is 471 g/mol. The molecule has 0 aliphatic rings. The summed E-state index contributed by atoms with van der Waals surface area (Å²) >= 11 is 6.10. The zero-order valence-electron chi connectivity index (χ0n) is 17.6. The van der Waals surface area contributed by atoms with E-state index in [1.807, 2.05) is 18.2 Å². The molecule has 0 bridgehead atoms. The minimum Gasteiger partial charge on any atom is -0.489 e. The van der Waals surface area contributed by atoms with Crippen LogP contribution in [0.4, 0.5) is 18.9 Å². The van der Waals surface area contributed by atoms with Crippen molar-refractivity contribution in [2.45, 2.75) is 12.8 Å². The predicted octanol–water partition coefficient (Wildman–Crippen LogP) is 6.13. The molecule has 0 atom stereocenters. The highest BCUT2D eigenvalue weighted by Gasteiger charge is 2.30. The Morgan fingerprint density at radius 2 is 1.71 bits per heavy atom. The zero-order chi connectivity index (χ0) is 24.6. The van der Waals surface area contributed by atoms with Crippen LogP contribution in [-0.2, 0) is 27.1 Å². The third kappa shape index (κ3) is 7.67. The van der Waals surface area contributed by atoms with Crippen LogP contribution in [0.15, 0.2) is 78.9 Å². The molecule has 0 radical (unpaired) electrons. The molecule has 0 spiro atoms. The number of halogens is 4. The Balaban J connectivity index is 1.44. The summed E-state index contributed by atoms with van der Waals surface area (Å²) in [6, 6.07) is 18.4. The van der Waals surface area contributed by atoms with Crippen molar-refractivity contribution in [1.29, 1.82) is 0 Å². The second kappa shape index (κ2) is 11.4. The lowest BCUT2D eigenvalue weighted by Crippen LogP contribution is -2.20. The molecule has 0 saturated carbocycles. The molecule has 0 unspecified atom stereocenters. The first-order valence-electron chi connectivity index (χ1n) is 9.99. The Bertz CT molecular complexity index is 1180. The Morgan fingerprint density at radius 3 is 2.41 bits per heavy atom. The number of benzene rings is 3. The van der Waals surface area contributed by atoms with Crippen LogP contribution in [0, 0.1) is 0 Å². The van der Waals surface area contributed by atoms with E-state index in [4.69, 9.17) is 21.1 Å². The van der Waals surface area contributed by atoms with Gasteiger partial charge in [0.25, 0.3) is 5.91 Å². The number of amides is 1. The summed E-state index contributed by atoms with van der Waals surface area (Å²) in [5.74, 6) is -0.926. The molecule has 34 heavy (non-hydrogen) atoms. The Hall–Kier alpha value is -3.78. The highest BCUT2D eigenvalue weighted by molar-refractivity contribution is 6.31. The van der Waals surface area contributed by atoms with Gasteiger partial charge < -0.3 is 14.8 Å². The van der Waals surface area contributed by atoms with Crippen molar-refractivity contribution < 1.29 is 32.2 Å². The van der Waals surface area contributed by atoms with Gasteiger partial charge in [0.1, 0.15) is 12.4 Å². The molecule has 0 aliphatic heterocycles. The molecule has 5 nitrogen and oxygen atoms in total. The fourth-order valence-corrected chi connectivity index (χ4v) is 2.96. The summed E-state index contributed by atoms with van der Waals surface area (Å²) < 4.78 is 48.7. The van der Waals surface area contributed by atoms with E-state index in [1.54, 1.807) is 30.3 Å². The smallest absolute Gasteiger partial charge is 0.416 e. The normalized spacial score (nSPS) is 11.3. The van der Waals surface area contributed by atoms with E-state index in [2.05, 4.69) is 5.32 Å². The van der Waals surface area contributed by atoms with E-state index in [0.29, 0.717) is 22.9 Å². The highest BCUT2D eigenvalue weighted by atomic mass is 35.5. The number of anilines is 1. The van der Waals surface area contributed by atoms with Crippen LogP contribution in [0.25, 0.3) is 6.08 Å². The maximum Gasteiger partial charge on any atom is 0.416 e. The molecule has 1 N–H and O–H groups in total. The molecule has 1 amide bonds. The maximum atomic E-state index is 12.7. The molecule has 0 heterocycles. The van der Waals surface area contributed by atoms with Gasteiger partial charge in [-0.15, -0.1) is 0 Å². The number of hydrogen-bond donors (Lipinski definition) is 1. The third-order valence-corrected chi connectivity index (χ3v) is 4.83. The SMILES string of the molecule is O=C(COC(=O)/C=C/c1ccc(OCc2ccccc2Cl)cc1)Nc1cccc(C(F)(F)F)c1. The van der Waals surface area contributed by atoms with Crippen LogP contribution >= 0.6 is 11.6 Å². The topological polar surface area (TPSA) is 64.6 Å². The van der Waals surface area contributed by atoms with Crippen molar-refractivity contribution in [3.8, 4) is 5.75 Å². The first kappa shape index (κ1) is 24.9. The largest absolute Gasteiger partial charge is 0.489 e. The zero-order valence-corrected chi connectivity index (χ0v) is 18.4. The van der Waals surface area contributed by atoms with Crippen LogP contribution < -0.4 is 10.1 Å². The molecule has 0 saturated heterocycles. The van der Waals surface area contributed by atoms with Crippen molar-refractivity contribution in [3.05, 3.63) is 101 Å². The van der Waals surface area contributed by atoms with Crippen LogP contribution in [0.1, 0.15) is 16.7 Å². The first-order valence-corrected chi connectivity index (χ1v) is 10.4. The molecule has 3 rings (SSSR count). The minimum atomic E-state index is -4.53. The monoisotopic (exact) mass is 489 g/mol. The molecule has 0 aromatic heterocycles. The molecule has 176 valence electrons. The number of rotatable bonds is 8. The molecule has 9 heteroatoms. The Morgan fingerprint density at radius 1 is 0.971 bits per heavy atom. The van der Waals surface area contributed by atoms with E-state index in [0.717, 1.165) is 23.8 Å². The van der Waals surface area contributed by atoms with Gasteiger partial charge >= 0.3 is 12.1 Å². The van der Waals surface area contributed by atoms with Crippen molar-refractivity contribution >= 4 is 35.2 Å². The van der Waals surface area contributed by atoms with Crippen molar-refractivity contribution in [2.75, 3.05) is 11.9 Å². The lowest BCUT2D eigenvalue weighted by Gasteiger charge is -2.09. The standard InChI is InChI=1S/C25H19ClF3NO4/c26-22-7-2-1-4-18(22)15-33-21-11-8-17(9-12-21)10-13-24(32)34-16-23(31)30-20-6-3-5-19(14-20)25(27,28)29/h1-14H,15-16H2,(H,30,31)/b13-10+.